The van der Waals surface area contributed by atoms with Gasteiger partial charge >= 0.3 is 12.4 Å². The van der Waals surface area contributed by atoms with Gasteiger partial charge in [0.25, 0.3) is 5.60 Å². The predicted octanol–water partition coefficient (Wildman–Crippen LogP) is 3.65. The number of aliphatic hydroxyl groups is 1. The molecule has 0 spiro atoms. The van der Waals surface area contributed by atoms with Crippen LogP contribution in [0.15, 0.2) is 12.7 Å². The third kappa shape index (κ3) is 2.55. The van der Waals surface area contributed by atoms with E-state index in [-0.39, 0.29) is 5.92 Å². The maximum absolute atomic E-state index is 12.8. The second-order valence-electron chi connectivity index (χ2n) is 6.19. The Morgan fingerprint density at radius 1 is 1.09 bits per heavy atom. The zero-order chi connectivity index (χ0) is 16.9. The number of alkyl halides is 6. The summed E-state index contributed by atoms with van der Waals surface area (Å²) >= 11 is 0. The number of hydrogen-bond donors (Lipinski definition) is 1. The zero-order valence-electron chi connectivity index (χ0n) is 11.5. The molecule has 2 fully saturated rings. The first-order valence-electron chi connectivity index (χ1n) is 6.94. The van der Waals surface area contributed by atoms with Crippen LogP contribution < -0.4 is 0 Å². The normalized spacial score (nSPS) is 32.3. The fraction of sp³-hybridized carbons (Fsp3) is 0.786. The van der Waals surface area contributed by atoms with Crippen molar-refractivity contribution in [1.82, 2.24) is 0 Å². The lowest BCUT2D eigenvalue weighted by atomic mass is 9.71. The summed E-state index contributed by atoms with van der Waals surface area (Å²) in [6.07, 6.45) is -10.7. The van der Waals surface area contributed by atoms with Crippen LogP contribution in [0, 0.1) is 23.7 Å². The van der Waals surface area contributed by atoms with Gasteiger partial charge in [-0.15, -0.1) is 0 Å². The molecular weight excluding hydrogens is 314 g/mol. The van der Waals surface area contributed by atoms with Gasteiger partial charge in [-0.1, -0.05) is 6.58 Å². The monoisotopic (exact) mass is 330 g/mol. The molecule has 2 aliphatic carbocycles. The molecule has 4 atom stereocenters. The molecule has 0 aromatic rings. The van der Waals surface area contributed by atoms with E-state index in [1.54, 1.807) is 0 Å². The molecule has 2 nitrogen and oxygen atoms in total. The molecule has 0 aromatic carbocycles. The Morgan fingerprint density at radius 2 is 1.59 bits per heavy atom. The summed E-state index contributed by atoms with van der Waals surface area (Å²) in [4.78, 5) is 11.8. The Morgan fingerprint density at radius 3 is 2.05 bits per heavy atom. The highest BCUT2D eigenvalue weighted by molar-refractivity contribution is 5.92. The lowest BCUT2D eigenvalue weighted by molar-refractivity contribution is -0.373. The van der Waals surface area contributed by atoms with E-state index in [2.05, 4.69) is 6.58 Å². The molecule has 126 valence electrons. The summed E-state index contributed by atoms with van der Waals surface area (Å²) < 4.78 is 77.0. The van der Waals surface area contributed by atoms with Crippen molar-refractivity contribution < 1.29 is 36.2 Å². The molecule has 0 heterocycles. The Hall–Kier alpha value is -1.05. The van der Waals surface area contributed by atoms with Crippen molar-refractivity contribution in [3.05, 3.63) is 12.7 Å². The van der Waals surface area contributed by atoms with Crippen molar-refractivity contribution in [2.45, 2.75) is 43.6 Å². The summed E-state index contributed by atoms with van der Waals surface area (Å²) in [5, 5.41) is 9.36. The van der Waals surface area contributed by atoms with Gasteiger partial charge in [-0.2, -0.15) is 26.3 Å². The van der Waals surface area contributed by atoms with E-state index in [0.717, 1.165) is 6.08 Å². The van der Waals surface area contributed by atoms with Gasteiger partial charge in [-0.3, -0.25) is 4.79 Å². The lowest BCUT2D eigenvalue weighted by Crippen LogP contribution is -2.58. The largest absolute Gasteiger partial charge is 0.426 e. The van der Waals surface area contributed by atoms with Gasteiger partial charge in [0.1, 0.15) is 0 Å². The highest BCUT2D eigenvalue weighted by atomic mass is 19.4. The SMILES string of the molecule is C=CC(=O)C1C2CCC(C2)C1CC(O)(C(F)(F)F)C(F)(F)F. The fourth-order valence-corrected chi connectivity index (χ4v) is 4.02. The highest BCUT2D eigenvalue weighted by Crippen LogP contribution is 2.58. The van der Waals surface area contributed by atoms with Crippen LogP contribution in [0.5, 0.6) is 0 Å². The van der Waals surface area contributed by atoms with E-state index in [4.69, 9.17) is 0 Å². The van der Waals surface area contributed by atoms with Crippen LogP contribution in [-0.2, 0) is 4.79 Å². The predicted molar refractivity (Wildman–Crippen MR) is 64.7 cm³/mol. The van der Waals surface area contributed by atoms with Crippen molar-refractivity contribution in [2.24, 2.45) is 23.7 Å². The summed E-state index contributed by atoms with van der Waals surface area (Å²) in [5.41, 5.74) is -4.78. The fourth-order valence-electron chi connectivity index (χ4n) is 4.02. The van der Waals surface area contributed by atoms with Gasteiger partial charge in [-0.05, 0) is 49.5 Å². The molecule has 2 aliphatic rings. The number of allylic oxidation sites excluding steroid dienone is 1. The number of rotatable bonds is 4. The number of ketones is 1. The number of carbonyl (C=O) groups excluding carboxylic acids is 1. The van der Waals surface area contributed by atoms with Crippen molar-refractivity contribution in [2.75, 3.05) is 0 Å². The molecule has 0 amide bonds. The molecular formula is C14H16F6O2. The van der Waals surface area contributed by atoms with Crippen LogP contribution >= 0.6 is 0 Å². The van der Waals surface area contributed by atoms with Gasteiger partial charge in [0.05, 0.1) is 0 Å². The minimum absolute atomic E-state index is 0.216. The zero-order valence-corrected chi connectivity index (χ0v) is 11.5. The van der Waals surface area contributed by atoms with Crippen LogP contribution in [0.3, 0.4) is 0 Å². The van der Waals surface area contributed by atoms with Crippen molar-refractivity contribution in [1.29, 1.82) is 0 Å². The van der Waals surface area contributed by atoms with Crippen molar-refractivity contribution in [3.63, 3.8) is 0 Å². The first kappa shape index (κ1) is 17.3. The molecule has 8 heteroatoms. The Bertz CT molecular complexity index is 453. The van der Waals surface area contributed by atoms with Crippen LogP contribution in [-0.4, -0.2) is 28.8 Å². The topological polar surface area (TPSA) is 37.3 Å². The molecule has 22 heavy (non-hydrogen) atoms. The summed E-state index contributed by atoms with van der Waals surface area (Å²) in [6, 6.07) is 0. The maximum Gasteiger partial charge on any atom is 0.426 e. The molecule has 0 aliphatic heterocycles. The molecule has 2 rings (SSSR count). The Balaban J connectivity index is 2.33. The summed E-state index contributed by atoms with van der Waals surface area (Å²) in [6.45, 7) is 3.26. The van der Waals surface area contributed by atoms with E-state index in [1.165, 1.54) is 0 Å². The van der Waals surface area contributed by atoms with Crippen LogP contribution in [0.1, 0.15) is 25.7 Å². The summed E-state index contributed by atoms with van der Waals surface area (Å²) in [7, 11) is 0. The summed E-state index contributed by atoms with van der Waals surface area (Å²) in [5.74, 6) is -3.18. The molecule has 0 saturated heterocycles. The molecule has 0 radical (unpaired) electrons. The van der Waals surface area contributed by atoms with E-state index in [1.807, 2.05) is 0 Å². The van der Waals surface area contributed by atoms with Gasteiger partial charge in [-0.25, -0.2) is 0 Å². The molecule has 1 N–H and O–H groups in total. The van der Waals surface area contributed by atoms with E-state index < -0.39 is 47.9 Å². The highest BCUT2D eigenvalue weighted by Gasteiger charge is 2.72. The quantitative estimate of drug-likeness (QED) is 0.631. The van der Waals surface area contributed by atoms with Crippen molar-refractivity contribution in [3.8, 4) is 0 Å². The molecule has 2 bridgehead atoms. The molecule has 4 unspecified atom stereocenters. The van der Waals surface area contributed by atoms with Gasteiger partial charge in [0, 0.05) is 5.92 Å². The Kier molecular flexibility index (Phi) is 4.13. The minimum atomic E-state index is -5.84. The molecule has 0 aromatic heterocycles. The average molecular weight is 330 g/mol. The smallest absolute Gasteiger partial charge is 0.374 e. The van der Waals surface area contributed by atoms with E-state index in [9.17, 15) is 36.2 Å². The average Bonchev–Trinajstić information content (AvgIpc) is 2.95. The van der Waals surface area contributed by atoms with Gasteiger partial charge < -0.3 is 5.11 Å². The molecule has 2 saturated carbocycles. The van der Waals surface area contributed by atoms with Crippen LogP contribution in [0.25, 0.3) is 0 Å². The van der Waals surface area contributed by atoms with Gasteiger partial charge in [0.2, 0.25) is 0 Å². The number of fused-ring (bicyclic) bond motifs is 2. The van der Waals surface area contributed by atoms with Gasteiger partial charge in [0.15, 0.2) is 5.78 Å². The van der Waals surface area contributed by atoms with E-state index in [0.29, 0.717) is 19.3 Å². The minimum Gasteiger partial charge on any atom is -0.374 e. The second kappa shape index (κ2) is 5.25. The standard InChI is InChI=1S/C14H16F6O2/c1-2-10(21)11-8-4-3-7(5-8)9(11)6-12(22,13(15,16)17)14(18,19)20/h2,7-9,11,22H,1,3-6H2. The third-order valence-electron chi connectivity index (χ3n) is 5.09. The number of carbonyl (C=O) groups is 1. The second-order valence-corrected chi connectivity index (χ2v) is 6.19. The lowest BCUT2D eigenvalue weighted by Gasteiger charge is -2.38. The maximum atomic E-state index is 12.8. The van der Waals surface area contributed by atoms with Crippen molar-refractivity contribution >= 4 is 5.78 Å². The number of hydrogen-bond acceptors (Lipinski definition) is 2. The first-order valence-corrected chi connectivity index (χ1v) is 6.94. The first-order chi connectivity index (χ1) is 9.92. The van der Waals surface area contributed by atoms with Crippen LogP contribution in [0.4, 0.5) is 26.3 Å². The number of halogens is 6. The van der Waals surface area contributed by atoms with E-state index >= 15 is 0 Å². The third-order valence-corrected chi connectivity index (χ3v) is 5.09. The Labute approximate surface area is 123 Å². The van der Waals surface area contributed by atoms with Crippen LogP contribution in [0.2, 0.25) is 0 Å².